The summed E-state index contributed by atoms with van der Waals surface area (Å²) in [5.74, 6) is -0.999. The third kappa shape index (κ3) is 4.16. The van der Waals surface area contributed by atoms with Gasteiger partial charge >= 0.3 is 0 Å². The topological polar surface area (TPSA) is 85.4 Å². The summed E-state index contributed by atoms with van der Waals surface area (Å²) in [7, 11) is 0. The van der Waals surface area contributed by atoms with Gasteiger partial charge < -0.3 is 20.3 Å². The van der Waals surface area contributed by atoms with Gasteiger partial charge in [-0.3, -0.25) is 9.59 Å². The first-order valence-electron chi connectivity index (χ1n) is 10.6. The molecule has 166 valence electrons. The number of aliphatic hydroxyl groups is 1. The fraction of sp³-hybridized carbons (Fsp3) is 0.280. The van der Waals surface area contributed by atoms with Crippen molar-refractivity contribution in [1.82, 2.24) is 15.2 Å². The van der Waals surface area contributed by atoms with Crippen molar-refractivity contribution in [3.8, 4) is 0 Å². The molecule has 2 atom stereocenters. The van der Waals surface area contributed by atoms with Gasteiger partial charge in [0.15, 0.2) is 0 Å². The van der Waals surface area contributed by atoms with E-state index < -0.39 is 17.5 Å². The number of carbonyl (C=O) groups excluding carboxylic acids is 2. The van der Waals surface area contributed by atoms with E-state index in [9.17, 15) is 19.1 Å². The summed E-state index contributed by atoms with van der Waals surface area (Å²) in [4.78, 5) is 30.5. The van der Waals surface area contributed by atoms with E-state index in [0.29, 0.717) is 24.1 Å². The summed E-state index contributed by atoms with van der Waals surface area (Å²) in [5, 5.41) is 14.2. The zero-order valence-electron chi connectivity index (χ0n) is 17.8. The summed E-state index contributed by atoms with van der Waals surface area (Å²) in [6, 6.07) is 17.1. The molecule has 0 saturated carbocycles. The van der Waals surface area contributed by atoms with Crippen LogP contribution >= 0.6 is 0 Å². The second kappa shape index (κ2) is 8.96. The number of β-amino-alcohol motifs (C(OH)–C–C–N with tert-alkyl or cyclic N) is 1. The van der Waals surface area contributed by atoms with Gasteiger partial charge in [0.1, 0.15) is 5.82 Å². The van der Waals surface area contributed by atoms with Gasteiger partial charge in [-0.25, -0.2) is 4.39 Å². The lowest BCUT2D eigenvalue weighted by Gasteiger charge is -2.46. The molecule has 4 rings (SSSR count). The largest absolute Gasteiger partial charge is 0.388 e. The van der Waals surface area contributed by atoms with Crippen LogP contribution in [0.1, 0.15) is 33.6 Å². The molecule has 7 heteroatoms. The Labute approximate surface area is 186 Å². The molecule has 0 spiro atoms. The van der Waals surface area contributed by atoms with Crippen molar-refractivity contribution in [2.45, 2.75) is 31.4 Å². The Morgan fingerprint density at radius 3 is 2.53 bits per heavy atom. The maximum Gasteiger partial charge on any atom is 0.255 e. The Morgan fingerprint density at radius 2 is 1.88 bits per heavy atom. The predicted octanol–water partition coefficient (Wildman–Crippen LogP) is 2.92. The molecule has 0 bridgehead atoms. The molecule has 1 fully saturated rings. The molecule has 1 aromatic heterocycles. The second-order valence-electron chi connectivity index (χ2n) is 8.19. The minimum absolute atomic E-state index is 0.0678. The monoisotopic (exact) mass is 435 g/mol. The number of amides is 2. The molecule has 0 aliphatic carbocycles. The van der Waals surface area contributed by atoms with Crippen LogP contribution < -0.4 is 5.32 Å². The number of rotatable bonds is 5. The molecule has 3 aromatic rings. The van der Waals surface area contributed by atoms with Crippen LogP contribution in [0.5, 0.6) is 0 Å². The Balaban J connectivity index is 1.58. The lowest BCUT2D eigenvalue weighted by Crippen LogP contribution is -2.62. The minimum atomic E-state index is -1.08. The Kier molecular flexibility index (Phi) is 6.10. The zero-order chi connectivity index (χ0) is 22.7. The molecule has 0 radical (unpaired) electrons. The molecule has 2 heterocycles. The molecule has 6 nitrogen and oxygen atoms in total. The number of benzene rings is 2. The summed E-state index contributed by atoms with van der Waals surface area (Å²) in [6.07, 6.45) is 0.863. The number of hydrogen-bond acceptors (Lipinski definition) is 3. The highest BCUT2D eigenvalue weighted by Crippen LogP contribution is 2.34. The number of aliphatic hydroxyl groups excluding tert-OH is 1. The number of aromatic amines is 1. The predicted molar refractivity (Wildman–Crippen MR) is 118 cm³/mol. The van der Waals surface area contributed by atoms with Gasteiger partial charge in [-0.1, -0.05) is 48.5 Å². The van der Waals surface area contributed by atoms with Crippen LogP contribution in [0.3, 0.4) is 0 Å². The van der Waals surface area contributed by atoms with Gasteiger partial charge in [0.05, 0.1) is 23.6 Å². The number of aryl methyl sites for hydroxylation is 1. The van der Waals surface area contributed by atoms with Crippen LogP contribution in [0, 0.1) is 12.7 Å². The average Bonchev–Trinajstić information content (AvgIpc) is 3.22. The third-order valence-electron chi connectivity index (χ3n) is 6.17. The van der Waals surface area contributed by atoms with Crippen molar-refractivity contribution in [3.05, 3.63) is 95.1 Å². The molecular formula is C25H26FN3O3. The smallest absolute Gasteiger partial charge is 0.255 e. The Hall–Kier alpha value is -3.45. The number of hydrogen-bond donors (Lipinski definition) is 3. The Morgan fingerprint density at radius 1 is 1.16 bits per heavy atom. The molecule has 3 N–H and O–H groups in total. The first-order valence-corrected chi connectivity index (χ1v) is 10.6. The van der Waals surface area contributed by atoms with Crippen LogP contribution in [0.15, 0.2) is 66.9 Å². The normalized spacial score (nSPS) is 20.7. The van der Waals surface area contributed by atoms with Gasteiger partial charge in [-0.2, -0.15) is 0 Å². The van der Waals surface area contributed by atoms with E-state index in [1.165, 1.54) is 6.07 Å². The molecule has 1 aliphatic heterocycles. The van der Waals surface area contributed by atoms with E-state index in [0.717, 1.165) is 11.3 Å². The van der Waals surface area contributed by atoms with Crippen molar-refractivity contribution in [2.75, 3.05) is 13.1 Å². The van der Waals surface area contributed by atoms with E-state index in [4.69, 9.17) is 0 Å². The van der Waals surface area contributed by atoms with Crippen LogP contribution in [0.2, 0.25) is 0 Å². The van der Waals surface area contributed by atoms with Gasteiger partial charge in [0.25, 0.3) is 5.91 Å². The zero-order valence-corrected chi connectivity index (χ0v) is 17.8. The van der Waals surface area contributed by atoms with E-state index in [2.05, 4.69) is 10.3 Å². The van der Waals surface area contributed by atoms with Gasteiger partial charge in [-0.05, 0) is 36.6 Å². The first-order chi connectivity index (χ1) is 15.4. The average molecular weight is 435 g/mol. The molecular weight excluding hydrogens is 409 g/mol. The summed E-state index contributed by atoms with van der Waals surface area (Å²) >= 11 is 0. The second-order valence-corrected chi connectivity index (χ2v) is 8.19. The number of H-pyrrole nitrogens is 1. The molecule has 0 unspecified atom stereocenters. The highest BCUT2D eigenvalue weighted by Gasteiger charge is 2.46. The first kappa shape index (κ1) is 21.8. The number of aromatic nitrogens is 1. The highest BCUT2D eigenvalue weighted by molar-refractivity contribution is 5.95. The van der Waals surface area contributed by atoms with Crippen molar-refractivity contribution >= 4 is 11.8 Å². The molecule has 2 amide bonds. The molecule has 2 aromatic carbocycles. The van der Waals surface area contributed by atoms with Crippen LogP contribution in [-0.2, 0) is 16.8 Å². The molecule has 1 saturated heterocycles. The van der Waals surface area contributed by atoms with E-state index in [-0.39, 0.29) is 24.8 Å². The minimum Gasteiger partial charge on any atom is -0.388 e. The Bertz CT molecular complexity index is 1110. The van der Waals surface area contributed by atoms with E-state index >= 15 is 0 Å². The van der Waals surface area contributed by atoms with E-state index in [1.54, 1.807) is 35.4 Å². The quantitative estimate of drug-likeness (QED) is 0.576. The lowest BCUT2D eigenvalue weighted by molar-refractivity contribution is -0.126. The highest BCUT2D eigenvalue weighted by atomic mass is 19.1. The fourth-order valence-electron chi connectivity index (χ4n) is 4.37. The van der Waals surface area contributed by atoms with Crippen molar-refractivity contribution in [2.24, 2.45) is 0 Å². The van der Waals surface area contributed by atoms with Crippen molar-refractivity contribution in [3.63, 3.8) is 0 Å². The van der Waals surface area contributed by atoms with E-state index in [1.807, 2.05) is 37.3 Å². The maximum atomic E-state index is 14.1. The van der Waals surface area contributed by atoms with Gasteiger partial charge in [0, 0.05) is 25.0 Å². The number of piperidine rings is 1. The molecule has 32 heavy (non-hydrogen) atoms. The number of likely N-dealkylation sites (tertiary alicyclic amines) is 1. The maximum absolute atomic E-state index is 14.1. The third-order valence-corrected chi connectivity index (χ3v) is 6.17. The standard InChI is InChI=1S/C25H26FN3O3/c1-17-20(11-13-27-17)24(32)29-14-12-25(22(30)16-29,19-8-3-2-4-9-19)28-23(31)15-18-7-5-6-10-21(18)26/h2-11,13,22,27,30H,12,14-16H2,1H3,(H,28,31)/t22-,25+/m1/s1. The van der Waals surface area contributed by atoms with Crippen LogP contribution in [-0.4, -0.2) is 46.0 Å². The fourth-order valence-corrected chi connectivity index (χ4v) is 4.37. The SMILES string of the molecule is Cc1[nH]ccc1C(=O)N1CC[C@](NC(=O)Cc2ccccc2F)(c2ccccc2)[C@H](O)C1. The summed E-state index contributed by atoms with van der Waals surface area (Å²) < 4.78 is 14.1. The molecule has 1 aliphatic rings. The number of nitrogens with one attached hydrogen (secondary N) is 2. The summed E-state index contributed by atoms with van der Waals surface area (Å²) in [5.41, 5.74) is 1.29. The number of nitrogens with zero attached hydrogens (tertiary/aromatic N) is 1. The van der Waals surface area contributed by atoms with Gasteiger partial charge in [0.2, 0.25) is 5.91 Å². The van der Waals surface area contributed by atoms with Crippen molar-refractivity contribution in [1.29, 1.82) is 0 Å². The van der Waals surface area contributed by atoms with Crippen LogP contribution in [0.4, 0.5) is 4.39 Å². The lowest BCUT2D eigenvalue weighted by atomic mass is 9.78. The summed E-state index contributed by atoms with van der Waals surface area (Å²) in [6.45, 7) is 2.25. The van der Waals surface area contributed by atoms with Crippen LogP contribution in [0.25, 0.3) is 0 Å². The van der Waals surface area contributed by atoms with Gasteiger partial charge in [-0.15, -0.1) is 0 Å². The number of carbonyl (C=O) groups is 2. The van der Waals surface area contributed by atoms with Crippen molar-refractivity contribution < 1.29 is 19.1 Å². The number of halogens is 1.